The van der Waals surface area contributed by atoms with Gasteiger partial charge in [0.25, 0.3) is 0 Å². The van der Waals surface area contributed by atoms with Gasteiger partial charge in [0.2, 0.25) is 0 Å². The summed E-state index contributed by atoms with van der Waals surface area (Å²) in [6, 6.07) is 19.2. The van der Waals surface area contributed by atoms with Crippen molar-refractivity contribution >= 4 is 16.9 Å². The molecule has 0 saturated carbocycles. The maximum Gasteiger partial charge on any atom is 0.303 e. The largest absolute Gasteiger partial charge is 0.508 e. The van der Waals surface area contributed by atoms with Crippen LogP contribution in [-0.4, -0.2) is 25.7 Å². The molecule has 2 aromatic heterocycles. The van der Waals surface area contributed by atoms with E-state index in [2.05, 4.69) is 21.8 Å². The van der Waals surface area contributed by atoms with E-state index in [0.717, 1.165) is 40.7 Å². The van der Waals surface area contributed by atoms with E-state index in [1.165, 1.54) is 5.56 Å². The lowest BCUT2D eigenvalue weighted by molar-refractivity contribution is -0.136. The molecule has 0 aliphatic carbocycles. The molecule has 2 heterocycles. The van der Waals surface area contributed by atoms with E-state index in [-0.39, 0.29) is 12.2 Å². The number of phenols is 1. The number of hydrogen-bond acceptors (Lipinski definition) is 3. The summed E-state index contributed by atoms with van der Waals surface area (Å²) in [6.45, 7) is 0. The van der Waals surface area contributed by atoms with Crippen molar-refractivity contribution in [3.63, 3.8) is 0 Å². The molecule has 2 N–H and O–H groups in total. The van der Waals surface area contributed by atoms with Gasteiger partial charge in [0, 0.05) is 35.6 Å². The van der Waals surface area contributed by atoms with Gasteiger partial charge < -0.3 is 14.8 Å². The van der Waals surface area contributed by atoms with E-state index in [1.807, 2.05) is 42.5 Å². The number of pyridine rings is 1. The van der Waals surface area contributed by atoms with E-state index in [4.69, 9.17) is 5.11 Å². The van der Waals surface area contributed by atoms with Crippen molar-refractivity contribution in [3.8, 4) is 11.4 Å². The lowest BCUT2D eigenvalue weighted by Gasteiger charge is -2.06. The summed E-state index contributed by atoms with van der Waals surface area (Å²) < 4.78 is 2.11. The molecule has 29 heavy (non-hydrogen) atoms. The molecular formula is C24H22N2O3. The molecule has 0 saturated heterocycles. The van der Waals surface area contributed by atoms with Crippen LogP contribution in [0.1, 0.15) is 23.2 Å². The highest BCUT2D eigenvalue weighted by molar-refractivity contribution is 5.86. The number of aromatic nitrogens is 2. The minimum atomic E-state index is -0.790. The van der Waals surface area contributed by atoms with Crippen LogP contribution in [0.2, 0.25) is 0 Å². The lowest BCUT2D eigenvalue weighted by Crippen LogP contribution is -1.97. The Labute approximate surface area is 168 Å². The van der Waals surface area contributed by atoms with Crippen LogP contribution in [0.15, 0.2) is 73.1 Å². The van der Waals surface area contributed by atoms with Gasteiger partial charge in [0.1, 0.15) is 5.75 Å². The van der Waals surface area contributed by atoms with Crippen LogP contribution in [0.25, 0.3) is 16.6 Å². The highest BCUT2D eigenvalue weighted by Gasteiger charge is 2.12. The minimum Gasteiger partial charge on any atom is -0.508 e. The number of hydrogen-bond donors (Lipinski definition) is 2. The fourth-order valence-electron chi connectivity index (χ4n) is 3.59. The topological polar surface area (TPSA) is 75.3 Å². The predicted molar refractivity (Wildman–Crippen MR) is 113 cm³/mol. The van der Waals surface area contributed by atoms with Gasteiger partial charge in [-0.15, -0.1) is 0 Å². The second-order valence-electron chi connectivity index (χ2n) is 7.11. The molecule has 5 heteroatoms. The first-order chi connectivity index (χ1) is 14.1. The molecule has 0 atom stereocenters. The average Bonchev–Trinajstić information content (AvgIpc) is 3.10. The Hall–Kier alpha value is -3.60. The second kappa shape index (κ2) is 8.19. The third-order valence-corrected chi connectivity index (χ3v) is 5.08. The second-order valence-corrected chi connectivity index (χ2v) is 7.11. The molecule has 0 spiro atoms. The summed E-state index contributed by atoms with van der Waals surface area (Å²) in [4.78, 5) is 15.4. The molecule has 0 bridgehead atoms. The molecule has 0 fully saturated rings. The number of benzene rings is 2. The Morgan fingerprint density at radius 3 is 2.52 bits per heavy atom. The van der Waals surface area contributed by atoms with E-state index in [0.29, 0.717) is 6.42 Å². The number of carboxylic acid groups (broad SMARTS) is 1. The predicted octanol–water partition coefficient (Wildman–Crippen LogP) is 4.53. The van der Waals surface area contributed by atoms with Gasteiger partial charge in [0.15, 0.2) is 0 Å². The van der Waals surface area contributed by atoms with E-state index >= 15 is 0 Å². The number of nitrogens with zero attached hydrogens (tertiary/aromatic N) is 2. The van der Waals surface area contributed by atoms with Crippen LogP contribution in [0.5, 0.6) is 5.75 Å². The molecule has 0 unspecified atom stereocenters. The third-order valence-electron chi connectivity index (χ3n) is 5.08. The number of phenolic OH excluding ortho intramolecular Hbond substituents is 1. The molecule has 146 valence electrons. The normalized spacial score (nSPS) is 11.0. The lowest BCUT2D eigenvalue weighted by atomic mass is 10.0. The monoisotopic (exact) mass is 386 g/mol. The number of aromatic hydroxyl groups is 1. The van der Waals surface area contributed by atoms with Crippen molar-refractivity contribution in [1.82, 2.24) is 9.55 Å². The van der Waals surface area contributed by atoms with Gasteiger partial charge in [-0.3, -0.25) is 9.78 Å². The molecule has 0 aliphatic rings. The minimum absolute atomic E-state index is 0.118. The molecule has 5 nitrogen and oxygen atoms in total. The number of aryl methyl sites for hydroxylation is 3. The van der Waals surface area contributed by atoms with E-state index < -0.39 is 5.97 Å². The smallest absolute Gasteiger partial charge is 0.303 e. The van der Waals surface area contributed by atoms with Crippen LogP contribution in [-0.2, 0) is 24.1 Å². The van der Waals surface area contributed by atoms with Crippen molar-refractivity contribution in [2.75, 3.05) is 0 Å². The molecule has 2 aromatic carbocycles. The number of fused-ring (bicyclic) bond motifs is 1. The quantitative estimate of drug-likeness (QED) is 0.489. The van der Waals surface area contributed by atoms with Crippen LogP contribution in [0.4, 0.5) is 0 Å². The molecule has 4 aromatic rings. The zero-order valence-corrected chi connectivity index (χ0v) is 16.0. The van der Waals surface area contributed by atoms with Crippen LogP contribution >= 0.6 is 0 Å². The molecule has 0 aliphatic heterocycles. The maximum atomic E-state index is 10.9. The summed E-state index contributed by atoms with van der Waals surface area (Å²) in [5.41, 5.74) is 5.28. The van der Waals surface area contributed by atoms with Gasteiger partial charge >= 0.3 is 5.97 Å². The number of carbonyl (C=O) groups is 1. The highest BCUT2D eigenvalue weighted by atomic mass is 16.4. The summed E-state index contributed by atoms with van der Waals surface area (Å²) in [5.74, 6) is -0.557. The summed E-state index contributed by atoms with van der Waals surface area (Å²) in [5, 5.41) is 19.7. The van der Waals surface area contributed by atoms with E-state index in [1.54, 1.807) is 18.3 Å². The van der Waals surface area contributed by atoms with Crippen LogP contribution < -0.4 is 0 Å². The Morgan fingerprint density at radius 1 is 0.966 bits per heavy atom. The van der Waals surface area contributed by atoms with Gasteiger partial charge in [0.05, 0.1) is 5.52 Å². The fourth-order valence-corrected chi connectivity index (χ4v) is 3.59. The Balaban J connectivity index is 1.73. The van der Waals surface area contributed by atoms with Gasteiger partial charge in [-0.2, -0.15) is 0 Å². The number of aliphatic carboxylic acids is 1. The summed E-state index contributed by atoms with van der Waals surface area (Å²) in [6.07, 6.45) is 6.22. The van der Waals surface area contributed by atoms with Crippen LogP contribution in [0.3, 0.4) is 0 Å². The van der Waals surface area contributed by atoms with Crippen molar-refractivity contribution in [3.05, 3.63) is 89.9 Å². The highest BCUT2D eigenvalue weighted by Crippen LogP contribution is 2.28. The van der Waals surface area contributed by atoms with Gasteiger partial charge in [-0.1, -0.05) is 12.1 Å². The average molecular weight is 386 g/mol. The molecule has 4 rings (SSSR count). The first-order valence-electron chi connectivity index (χ1n) is 9.64. The SMILES string of the molecule is O=C(O)CCc1ccc2c(c1)c(CCc1ccccn1)cn2-c1ccc(O)cc1. The zero-order chi connectivity index (χ0) is 20.2. The van der Waals surface area contributed by atoms with Gasteiger partial charge in [-0.05, 0) is 78.9 Å². The van der Waals surface area contributed by atoms with Crippen molar-refractivity contribution in [2.45, 2.75) is 25.7 Å². The Bertz CT molecular complexity index is 1130. The van der Waals surface area contributed by atoms with E-state index in [9.17, 15) is 9.90 Å². The van der Waals surface area contributed by atoms with Gasteiger partial charge in [-0.25, -0.2) is 0 Å². The summed E-state index contributed by atoms with van der Waals surface area (Å²) >= 11 is 0. The van der Waals surface area contributed by atoms with Crippen molar-refractivity contribution in [2.24, 2.45) is 0 Å². The third kappa shape index (κ3) is 4.29. The van der Waals surface area contributed by atoms with Crippen molar-refractivity contribution in [1.29, 1.82) is 0 Å². The maximum absolute atomic E-state index is 10.9. The number of carboxylic acids is 1. The molecule has 0 radical (unpaired) electrons. The Kier molecular flexibility index (Phi) is 5.29. The first-order valence-corrected chi connectivity index (χ1v) is 9.64. The summed E-state index contributed by atoms with van der Waals surface area (Å²) in [7, 11) is 0. The van der Waals surface area contributed by atoms with Crippen LogP contribution in [0, 0.1) is 0 Å². The molecular weight excluding hydrogens is 364 g/mol. The van der Waals surface area contributed by atoms with Crippen molar-refractivity contribution < 1.29 is 15.0 Å². The standard InChI is InChI=1S/C24H22N2O3/c27-21-10-8-20(9-11-21)26-16-18(6-7-19-3-1-2-14-25-19)22-15-17(4-12-23(22)26)5-13-24(28)29/h1-4,8-12,14-16,27H,5-7,13H2,(H,28,29). The number of rotatable bonds is 7. The first kappa shape index (κ1) is 18.7. The molecule has 0 amide bonds. The fraction of sp³-hybridized carbons (Fsp3) is 0.167. The Morgan fingerprint density at radius 2 is 1.79 bits per heavy atom. The zero-order valence-electron chi connectivity index (χ0n) is 16.0.